The molecule has 19 heavy (non-hydrogen) atoms. The van der Waals surface area contributed by atoms with Gasteiger partial charge < -0.3 is 10.5 Å². The lowest BCUT2D eigenvalue weighted by Crippen LogP contribution is -2.08. The van der Waals surface area contributed by atoms with Crippen LogP contribution < -0.4 is 10.5 Å². The molecule has 1 atom stereocenters. The SMILES string of the molecule is CC[C@@H](N)c1ccc(Oc2ccc(F)cc2Cl)cc1. The fourth-order valence-corrected chi connectivity index (χ4v) is 1.91. The minimum Gasteiger partial charge on any atom is -0.456 e. The Bertz CT molecular complexity index is 557. The molecule has 0 aliphatic heterocycles. The van der Waals surface area contributed by atoms with E-state index in [0.717, 1.165) is 12.0 Å². The van der Waals surface area contributed by atoms with Crippen molar-refractivity contribution in [3.8, 4) is 11.5 Å². The summed E-state index contributed by atoms with van der Waals surface area (Å²) >= 11 is 5.90. The molecule has 4 heteroatoms. The van der Waals surface area contributed by atoms with Crippen molar-refractivity contribution in [2.75, 3.05) is 0 Å². The van der Waals surface area contributed by atoms with Crippen LogP contribution in [0.5, 0.6) is 11.5 Å². The van der Waals surface area contributed by atoms with E-state index < -0.39 is 0 Å². The van der Waals surface area contributed by atoms with Crippen LogP contribution in [0.3, 0.4) is 0 Å². The maximum absolute atomic E-state index is 12.9. The summed E-state index contributed by atoms with van der Waals surface area (Å²) in [7, 11) is 0. The smallest absolute Gasteiger partial charge is 0.146 e. The van der Waals surface area contributed by atoms with E-state index >= 15 is 0 Å². The van der Waals surface area contributed by atoms with Crippen LogP contribution in [0.25, 0.3) is 0 Å². The maximum Gasteiger partial charge on any atom is 0.146 e. The van der Waals surface area contributed by atoms with Crippen LogP contribution in [-0.4, -0.2) is 0 Å². The Morgan fingerprint density at radius 2 is 1.89 bits per heavy atom. The number of nitrogens with two attached hydrogens (primary N) is 1. The van der Waals surface area contributed by atoms with Crippen molar-refractivity contribution in [1.82, 2.24) is 0 Å². The normalized spacial score (nSPS) is 12.2. The largest absolute Gasteiger partial charge is 0.456 e. The fourth-order valence-electron chi connectivity index (χ4n) is 1.70. The van der Waals surface area contributed by atoms with Gasteiger partial charge >= 0.3 is 0 Å². The van der Waals surface area contributed by atoms with Crippen LogP contribution >= 0.6 is 11.6 Å². The molecule has 100 valence electrons. The zero-order chi connectivity index (χ0) is 13.8. The summed E-state index contributed by atoms with van der Waals surface area (Å²) < 4.78 is 18.5. The molecule has 0 aliphatic rings. The average molecular weight is 280 g/mol. The van der Waals surface area contributed by atoms with Crippen LogP contribution in [0.1, 0.15) is 24.9 Å². The third-order valence-corrected chi connectivity index (χ3v) is 3.17. The van der Waals surface area contributed by atoms with Gasteiger partial charge in [0.25, 0.3) is 0 Å². The van der Waals surface area contributed by atoms with E-state index in [1.165, 1.54) is 18.2 Å². The summed E-state index contributed by atoms with van der Waals surface area (Å²) in [5.41, 5.74) is 6.99. The molecular formula is C15H15ClFNO. The van der Waals surface area contributed by atoms with Crippen molar-refractivity contribution in [3.63, 3.8) is 0 Å². The minimum atomic E-state index is -0.387. The van der Waals surface area contributed by atoms with Crippen molar-refractivity contribution >= 4 is 11.6 Å². The van der Waals surface area contributed by atoms with Gasteiger partial charge in [0.1, 0.15) is 17.3 Å². The average Bonchev–Trinajstić information content (AvgIpc) is 2.42. The van der Waals surface area contributed by atoms with Crippen LogP contribution in [0, 0.1) is 5.82 Å². The van der Waals surface area contributed by atoms with Gasteiger partial charge in [-0.1, -0.05) is 30.7 Å². The Balaban J connectivity index is 2.15. The number of hydrogen-bond acceptors (Lipinski definition) is 2. The van der Waals surface area contributed by atoms with Crippen LogP contribution in [-0.2, 0) is 0 Å². The second kappa shape index (κ2) is 6.04. The Labute approximate surface area is 117 Å². The molecule has 0 fully saturated rings. The highest BCUT2D eigenvalue weighted by Gasteiger charge is 2.06. The van der Waals surface area contributed by atoms with Crippen molar-refractivity contribution in [3.05, 3.63) is 58.9 Å². The van der Waals surface area contributed by atoms with E-state index in [1.54, 1.807) is 0 Å². The van der Waals surface area contributed by atoms with Crippen LogP contribution in [0.2, 0.25) is 5.02 Å². The summed E-state index contributed by atoms with van der Waals surface area (Å²) in [4.78, 5) is 0. The number of halogens is 2. The lowest BCUT2D eigenvalue weighted by molar-refractivity contribution is 0.480. The van der Waals surface area contributed by atoms with E-state index in [-0.39, 0.29) is 16.9 Å². The predicted molar refractivity (Wildman–Crippen MR) is 75.1 cm³/mol. The molecule has 2 aromatic carbocycles. The van der Waals surface area contributed by atoms with Crippen LogP contribution in [0.15, 0.2) is 42.5 Å². The molecule has 0 bridgehead atoms. The molecule has 0 radical (unpaired) electrons. The van der Waals surface area contributed by atoms with Gasteiger partial charge in [-0.2, -0.15) is 0 Å². The maximum atomic E-state index is 12.9. The number of ether oxygens (including phenoxy) is 1. The first-order valence-corrected chi connectivity index (χ1v) is 6.46. The molecule has 2 N–H and O–H groups in total. The first-order valence-electron chi connectivity index (χ1n) is 6.08. The number of benzene rings is 2. The molecule has 0 amide bonds. The van der Waals surface area contributed by atoms with Gasteiger partial charge in [0.2, 0.25) is 0 Å². The molecule has 2 aromatic rings. The molecule has 0 heterocycles. The molecule has 0 saturated heterocycles. The van der Waals surface area contributed by atoms with Gasteiger partial charge in [0.05, 0.1) is 5.02 Å². The van der Waals surface area contributed by atoms with Gasteiger partial charge in [0.15, 0.2) is 0 Å². The van der Waals surface area contributed by atoms with Crippen LogP contribution in [0.4, 0.5) is 4.39 Å². The molecule has 0 aromatic heterocycles. The lowest BCUT2D eigenvalue weighted by atomic mass is 10.1. The van der Waals surface area contributed by atoms with Crippen molar-refractivity contribution in [2.45, 2.75) is 19.4 Å². The first-order chi connectivity index (χ1) is 9.10. The molecule has 2 rings (SSSR count). The van der Waals surface area contributed by atoms with Gasteiger partial charge in [-0.05, 0) is 42.3 Å². The van der Waals surface area contributed by atoms with Gasteiger partial charge in [-0.15, -0.1) is 0 Å². The summed E-state index contributed by atoms with van der Waals surface area (Å²) in [5.74, 6) is 0.679. The molecule has 0 spiro atoms. The molecule has 2 nitrogen and oxygen atoms in total. The summed E-state index contributed by atoms with van der Waals surface area (Å²) in [6.07, 6.45) is 0.879. The highest BCUT2D eigenvalue weighted by atomic mass is 35.5. The van der Waals surface area contributed by atoms with Crippen molar-refractivity contribution in [2.24, 2.45) is 5.73 Å². The molecule has 0 unspecified atom stereocenters. The monoisotopic (exact) mass is 279 g/mol. The quantitative estimate of drug-likeness (QED) is 0.882. The van der Waals surface area contributed by atoms with Crippen molar-refractivity contribution in [1.29, 1.82) is 0 Å². The van der Waals surface area contributed by atoms with E-state index in [2.05, 4.69) is 0 Å². The van der Waals surface area contributed by atoms with E-state index in [4.69, 9.17) is 22.1 Å². The Morgan fingerprint density at radius 3 is 2.47 bits per heavy atom. The third-order valence-electron chi connectivity index (χ3n) is 2.87. The highest BCUT2D eigenvalue weighted by Crippen LogP contribution is 2.30. The summed E-state index contributed by atoms with van der Waals surface area (Å²) in [5, 5.41) is 0.245. The second-order valence-electron chi connectivity index (χ2n) is 4.26. The topological polar surface area (TPSA) is 35.2 Å². The fraction of sp³-hybridized carbons (Fsp3) is 0.200. The minimum absolute atomic E-state index is 0.0310. The van der Waals surface area contributed by atoms with Gasteiger partial charge in [0, 0.05) is 6.04 Å². The second-order valence-corrected chi connectivity index (χ2v) is 4.67. The standard InChI is InChI=1S/C15H15ClFNO/c1-2-14(18)10-3-6-12(7-4-10)19-15-8-5-11(17)9-13(15)16/h3-9,14H,2,18H2,1H3/t14-/m1/s1. The van der Waals surface area contributed by atoms with E-state index in [1.807, 2.05) is 31.2 Å². The van der Waals surface area contributed by atoms with Crippen molar-refractivity contribution < 1.29 is 9.13 Å². The van der Waals surface area contributed by atoms with Gasteiger partial charge in [-0.3, -0.25) is 0 Å². The Hall–Kier alpha value is -1.58. The highest BCUT2D eigenvalue weighted by molar-refractivity contribution is 6.32. The zero-order valence-electron chi connectivity index (χ0n) is 10.6. The third kappa shape index (κ3) is 3.46. The number of rotatable bonds is 4. The molecule has 0 saturated carbocycles. The first kappa shape index (κ1) is 13.8. The summed E-state index contributed by atoms with van der Waals surface area (Å²) in [6, 6.07) is 11.5. The van der Waals surface area contributed by atoms with Gasteiger partial charge in [-0.25, -0.2) is 4.39 Å². The predicted octanol–water partition coefficient (Wildman–Crippen LogP) is 4.68. The number of hydrogen-bond donors (Lipinski definition) is 1. The molecule has 0 aliphatic carbocycles. The molecular weight excluding hydrogens is 265 g/mol. The Morgan fingerprint density at radius 1 is 1.21 bits per heavy atom. The summed E-state index contributed by atoms with van der Waals surface area (Å²) in [6.45, 7) is 2.04. The zero-order valence-corrected chi connectivity index (χ0v) is 11.3. The Kier molecular flexibility index (Phi) is 4.40. The van der Waals surface area contributed by atoms with E-state index in [0.29, 0.717) is 11.5 Å². The van der Waals surface area contributed by atoms with E-state index in [9.17, 15) is 4.39 Å². The lowest BCUT2D eigenvalue weighted by Gasteiger charge is -2.11.